The summed E-state index contributed by atoms with van der Waals surface area (Å²) in [5, 5.41) is 10.7. The highest BCUT2D eigenvalue weighted by Crippen LogP contribution is 2.24. The first-order valence-corrected chi connectivity index (χ1v) is 6.32. The second kappa shape index (κ2) is 5.85. The van der Waals surface area contributed by atoms with E-state index in [0.29, 0.717) is 11.4 Å². The third-order valence-electron chi connectivity index (χ3n) is 3.41. The van der Waals surface area contributed by atoms with E-state index in [-0.39, 0.29) is 18.6 Å². The number of aromatic nitrogens is 1. The van der Waals surface area contributed by atoms with Crippen LogP contribution in [0.25, 0.3) is 10.8 Å². The number of carbonyl (C=O) groups is 1. The summed E-state index contributed by atoms with van der Waals surface area (Å²) in [6.07, 6.45) is 1.50. The van der Waals surface area contributed by atoms with Gasteiger partial charge < -0.3 is 15.4 Å². The SMILES string of the molecule is CC(CO)N(C)C(=O)c1cnc(NN)c2ccccc12. The maximum Gasteiger partial charge on any atom is 0.256 e. The van der Waals surface area contributed by atoms with Crippen LogP contribution in [0.1, 0.15) is 17.3 Å². The lowest BCUT2D eigenvalue weighted by molar-refractivity contribution is 0.0684. The molecule has 0 spiro atoms. The number of anilines is 1. The van der Waals surface area contributed by atoms with E-state index in [1.807, 2.05) is 24.3 Å². The molecule has 1 atom stereocenters. The van der Waals surface area contributed by atoms with Crippen molar-refractivity contribution in [1.29, 1.82) is 0 Å². The average molecular weight is 274 g/mol. The zero-order chi connectivity index (χ0) is 14.7. The van der Waals surface area contributed by atoms with Gasteiger partial charge in [-0.2, -0.15) is 0 Å². The van der Waals surface area contributed by atoms with Gasteiger partial charge in [-0.05, 0) is 12.3 Å². The van der Waals surface area contributed by atoms with E-state index in [2.05, 4.69) is 10.4 Å². The fraction of sp³-hybridized carbons (Fsp3) is 0.286. The van der Waals surface area contributed by atoms with Gasteiger partial charge in [-0.25, -0.2) is 10.8 Å². The number of fused-ring (bicyclic) bond motifs is 1. The molecule has 0 aliphatic rings. The van der Waals surface area contributed by atoms with Crippen molar-refractivity contribution in [1.82, 2.24) is 9.88 Å². The lowest BCUT2D eigenvalue weighted by Gasteiger charge is -2.23. The molecule has 4 N–H and O–H groups in total. The third-order valence-corrected chi connectivity index (χ3v) is 3.41. The Kier molecular flexibility index (Phi) is 4.16. The Hall–Kier alpha value is -2.18. The first-order valence-electron chi connectivity index (χ1n) is 6.32. The average Bonchev–Trinajstić information content (AvgIpc) is 2.51. The molecule has 0 radical (unpaired) electrons. The molecule has 0 saturated heterocycles. The van der Waals surface area contributed by atoms with Gasteiger partial charge in [0.05, 0.1) is 18.2 Å². The van der Waals surface area contributed by atoms with Crippen LogP contribution in [-0.2, 0) is 0 Å². The van der Waals surface area contributed by atoms with Crippen molar-refractivity contribution in [3.63, 3.8) is 0 Å². The van der Waals surface area contributed by atoms with Crippen molar-refractivity contribution in [2.75, 3.05) is 19.1 Å². The normalized spacial score (nSPS) is 12.2. The number of pyridine rings is 1. The first-order chi connectivity index (χ1) is 9.60. The van der Waals surface area contributed by atoms with Crippen molar-refractivity contribution < 1.29 is 9.90 Å². The number of aliphatic hydroxyl groups is 1. The fourth-order valence-corrected chi connectivity index (χ4v) is 1.99. The highest BCUT2D eigenvalue weighted by Gasteiger charge is 2.20. The molecule has 1 unspecified atom stereocenters. The number of amides is 1. The molecule has 1 amide bonds. The van der Waals surface area contributed by atoms with Crippen LogP contribution in [0.2, 0.25) is 0 Å². The van der Waals surface area contributed by atoms with Crippen LogP contribution in [-0.4, -0.2) is 40.6 Å². The molecule has 6 heteroatoms. The van der Waals surface area contributed by atoms with Crippen LogP contribution >= 0.6 is 0 Å². The topological polar surface area (TPSA) is 91.5 Å². The molecule has 20 heavy (non-hydrogen) atoms. The van der Waals surface area contributed by atoms with Crippen molar-refractivity contribution >= 4 is 22.5 Å². The van der Waals surface area contributed by atoms with Crippen LogP contribution in [0, 0.1) is 0 Å². The van der Waals surface area contributed by atoms with E-state index in [0.717, 1.165) is 10.8 Å². The summed E-state index contributed by atoms with van der Waals surface area (Å²) in [7, 11) is 1.66. The second-order valence-corrected chi connectivity index (χ2v) is 4.66. The van der Waals surface area contributed by atoms with Gasteiger partial charge in [0.15, 0.2) is 0 Å². The molecule has 2 rings (SSSR count). The molecule has 0 aliphatic carbocycles. The second-order valence-electron chi connectivity index (χ2n) is 4.66. The van der Waals surface area contributed by atoms with Crippen LogP contribution in [0.5, 0.6) is 0 Å². The van der Waals surface area contributed by atoms with Crippen molar-refractivity contribution in [2.24, 2.45) is 5.84 Å². The number of carbonyl (C=O) groups excluding carboxylic acids is 1. The van der Waals surface area contributed by atoms with Gasteiger partial charge >= 0.3 is 0 Å². The maximum atomic E-state index is 12.5. The summed E-state index contributed by atoms with van der Waals surface area (Å²) in [5.41, 5.74) is 3.01. The van der Waals surface area contributed by atoms with Crippen LogP contribution in [0.15, 0.2) is 30.5 Å². The minimum Gasteiger partial charge on any atom is -0.394 e. The minimum atomic E-state index is -0.256. The van der Waals surface area contributed by atoms with Gasteiger partial charge in [0.2, 0.25) is 0 Å². The monoisotopic (exact) mass is 274 g/mol. The van der Waals surface area contributed by atoms with Crippen LogP contribution < -0.4 is 11.3 Å². The molecule has 0 fully saturated rings. The molecule has 1 heterocycles. The van der Waals surface area contributed by atoms with E-state index in [1.54, 1.807) is 14.0 Å². The predicted octanol–water partition coefficient (Wildman–Crippen LogP) is 0.973. The Morgan fingerprint density at radius 2 is 2.10 bits per heavy atom. The van der Waals surface area contributed by atoms with Crippen LogP contribution in [0.4, 0.5) is 5.82 Å². The summed E-state index contributed by atoms with van der Waals surface area (Å²) in [4.78, 5) is 18.1. The smallest absolute Gasteiger partial charge is 0.256 e. The van der Waals surface area contributed by atoms with Gasteiger partial charge in [0, 0.05) is 18.6 Å². The summed E-state index contributed by atoms with van der Waals surface area (Å²) < 4.78 is 0. The predicted molar refractivity (Wildman–Crippen MR) is 78.2 cm³/mol. The van der Waals surface area contributed by atoms with Gasteiger partial charge in [0.25, 0.3) is 5.91 Å². The molecule has 1 aromatic carbocycles. The zero-order valence-corrected chi connectivity index (χ0v) is 11.5. The fourth-order valence-electron chi connectivity index (χ4n) is 1.99. The number of benzene rings is 1. The van der Waals surface area contributed by atoms with Crippen molar-refractivity contribution in [3.05, 3.63) is 36.0 Å². The van der Waals surface area contributed by atoms with Gasteiger partial charge in [0.1, 0.15) is 5.82 Å². The number of rotatable bonds is 4. The van der Waals surface area contributed by atoms with E-state index in [9.17, 15) is 4.79 Å². The number of nitrogens with zero attached hydrogens (tertiary/aromatic N) is 2. The molecule has 0 saturated carbocycles. The van der Waals surface area contributed by atoms with E-state index >= 15 is 0 Å². The van der Waals surface area contributed by atoms with E-state index in [4.69, 9.17) is 10.9 Å². The largest absolute Gasteiger partial charge is 0.394 e. The molecule has 6 nitrogen and oxygen atoms in total. The lowest BCUT2D eigenvalue weighted by Crippen LogP contribution is -2.37. The summed E-state index contributed by atoms with van der Waals surface area (Å²) >= 11 is 0. The van der Waals surface area contributed by atoms with Crippen molar-refractivity contribution in [2.45, 2.75) is 13.0 Å². The molecule has 1 aromatic heterocycles. The quantitative estimate of drug-likeness (QED) is 0.571. The number of hydrogen-bond acceptors (Lipinski definition) is 5. The summed E-state index contributed by atoms with van der Waals surface area (Å²) in [5.74, 6) is 5.77. The Labute approximate surface area is 117 Å². The van der Waals surface area contributed by atoms with E-state index in [1.165, 1.54) is 11.1 Å². The molecule has 106 valence electrons. The highest BCUT2D eigenvalue weighted by atomic mass is 16.3. The Bertz CT molecular complexity index is 630. The van der Waals surface area contributed by atoms with Gasteiger partial charge in [-0.1, -0.05) is 24.3 Å². The third kappa shape index (κ3) is 2.43. The molecular weight excluding hydrogens is 256 g/mol. The minimum absolute atomic E-state index is 0.0873. The van der Waals surface area contributed by atoms with E-state index < -0.39 is 0 Å². The summed E-state index contributed by atoms with van der Waals surface area (Å²) in [6, 6.07) is 7.16. The molecule has 2 aromatic rings. The standard InChI is InChI=1S/C14H18N4O2/c1-9(8-19)18(2)14(20)12-7-16-13(17-15)11-6-4-3-5-10(11)12/h3-7,9,19H,8,15H2,1-2H3,(H,16,17). The zero-order valence-electron chi connectivity index (χ0n) is 11.5. The van der Waals surface area contributed by atoms with Crippen LogP contribution in [0.3, 0.4) is 0 Å². The Balaban J connectivity index is 2.53. The molecule has 0 bridgehead atoms. The summed E-state index contributed by atoms with van der Waals surface area (Å²) in [6.45, 7) is 1.69. The lowest BCUT2D eigenvalue weighted by atomic mass is 10.1. The highest BCUT2D eigenvalue weighted by molar-refractivity contribution is 6.09. The number of likely N-dealkylation sites (N-methyl/N-ethyl adjacent to an activating group) is 1. The number of nitrogens with two attached hydrogens (primary N) is 1. The number of nitrogens with one attached hydrogen (secondary N) is 1. The van der Waals surface area contributed by atoms with Gasteiger partial charge in [-0.3, -0.25) is 4.79 Å². The maximum absolute atomic E-state index is 12.5. The van der Waals surface area contributed by atoms with Gasteiger partial charge in [-0.15, -0.1) is 0 Å². The number of hydrogen-bond donors (Lipinski definition) is 3. The van der Waals surface area contributed by atoms with Crippen molar-refractivity contribution in [3.8, 4) is 0 Å². The number of aliphatic hydroxyl groups excluding tert-OH is 1. The number of nitrogen functional groups attached to an aromatic ring is 1. The Morgan fingerprint density at radius 1 is 1.45 bits per heavy atom. The number of hydrazine groups is 1. The Morgan fingerprint density at radius 3 is 2.70 bits per heavy atom. The molecule has 0 aliphatic heterocycles. The first kappa shape index (κ1) is 14.2. The molecular formula is C14H18N4O2.